The van der Waals surface area contributed by atoms with Gasteiger partial charge in [-0.1, -0.05) is 20.8 Å². The lowest BCUT2D eigenvalue weighted by Gasteiger charge is -2.30. The average Bonchev–Trinajstić information content (AvgIpc) is 1.62. The summed E-state index contributed by atoms with van der Waals surface area (Å²) in [5, 5.41) is 17.7. The Kier molecular flexibility index (Phi) is 2.49. The quantitative estimate of drug-likeness (QED) is 0.640. The third kappa shape index (κ3) is 1.70. The molecule has 60 valence electrons. The predicted octanol–water partition coefficient (Wildman–Crippen LogP) is 1.20. The van der Waals surface area contributed by atoms with Gasteiger partial charge in [-0.15, -0.1) is 0 Å². The first-order chi connectivity index (χ1) is 4.19. The molecule has 0 radical (unpaired) electrons. The molecule has 0 aliphatic rings. The van der Waals surface area contributed by atoms with Crippen molar-refractivity contribution >= 4 is 21.9 Å². The van der Waals surface area contributed by atoms with E-state index in [1.165, 1.54) is 0 Å². The summed E-state index contributed by atoms with van der Waals surface area (Å²) in [4.78, 5) is 10.4. The zero-order valence-corrected chi connectivity index (χ0v) is 7.77. The van der Waals surface area contributed by atoms with Gasteiger partial charge in [0.15, 0.2) is 0 Å². The minimum atomic E-state index is -1.83. The molecular formula is C6H11BrO3. The number of carboxylic acids is 1. The highest BCUT2D eigenvalue weighted by Gasteiger charge is 2.44. The zero-order chi connectivity index (χ0) is 8.58. The Bertz CT molecular complexity index is 146. The fourth-order valence-corrected chi connectivity index (χ4v) is 0.321. The number of rotatable bonds is 1. The molecule has 0 heterocycles. The molecule has 0 fully saturated rings. The van der Waals surface area contributed by atoms with Crippen LogP contribution in [-0.2, 0) is 4.79 Å². The van der Waals surface area contributed by atoms with Crippen molar-refractivity contribution < 1.29 is 15.0 Å². The van der Waals surface area contributed by atoms with E-state index < -0.39 is 15.9 Å². The van der Waals surface area contributed by atoms with Crippen LogP contribution in [0.4, 0.5) is 0 Å². The standard InChI is InChI=1S/C6H11BrO3/c1-5(2,3)6(7,10)4(8)9/h10H,1-3H3,(H,8,9). The predicted molar refractivity (Wildman–Crippen MR) is 41.0 cm³/mol. The number of carboxylic acid groups (broad SMARTS) is 1. The lowest BCUT2D eigenvalue weighted by atomic mass is 9.89. The van der Waals surface area contributed by atoms with E-state index in [4.69, 9.17) is 5.11 Å². The zero-order valence-electron chi connectivity index (χ0n) is 6.18. The van der Waals surface area contributed by atoms with Gasteiger partial charge in [-0.2, -0.15) is 0 Å². The van der Waals surface area contributed by atoms with Crippen molar-refractivity contribution in [2.45, 2.75) is 25.3 Å². The van der Waals surface area contributed by atoms with Crippen molar-refractivity contribution in [3.8, 4) is 0 Å². The van der Waals surface area contributed by atoms with Gasteiger partial charge in [-0.3, -0.25) is 0 Å². The maximum absolute atomic E-state index is 10.4. The molecule has 4 heteroatoms. The van der Waals surface area contributed by atoms with Crippen molar-refractivity contribution in [3.63, 3.8) is 0 Å². The van der Waals surface area contributed by atoms with Gasteiger partial charge in [0.2, 0.25) is 4.51 Å². The van der Waals surface area contributed by atoms with Crippen LogP contribution in [0.2, 0.25) is 0 Å². The molecule has 0 bridgehead atoms. The summed E-state index contributed by atoms with van der Waals surface area (Å²) >= 11 is 2.72. The van der Waals surface area contributed by atoms with Crippen molar-refractivity contribution in [2.24, 2.45) is 5.41 Å². The first-order valence-corrected chi connectivity index (χ1v) is 3.63. The van der Waals surface area contributed by atoms with E-state index in [0.29, 0.717) is 0 Å². The second-order valence-corrected chi connectivity index (χ2v) is 4.32. The number of aliphatic carboxylic acids is 1. The van der Waals surface area contributed by atoms with Gasteiger partial charge >= 0.3 is 5.97 Å². The SMILES string of the molecule is CC(C)(C)C(O)(Br)C(=O)O. The van der Waals surface area contributed by atoms with Crippen LogP contribution in [0.3, 0.4) is 0 Å². The first-order valence-electron chi connectivity index (χ1n) is 2.84. The van der Waals surface area contributed by atoms with E-state index in [-0.39, 0.29) is 0 Å². The molecule has 10 heavy (non-hydrogen) atoms. The summed E-state index contributed by atoms with van der Waals surface area (Å²) in [6, 6.07) is 0. The maximum Gasteiger partial charge on any atom is 0.347 e. The molecular weight excluding hydrogens is 200 g/mol. The molecule has 1 unspecified atom stereocenters. The fourth-order valence-electron chi connectivity index (χ4n) is 0.321. The molecule has 0 spiro atoms. The van der Waals surface area contributed by atoms with Crippen LogP contribution < -0.4 is 0 Å². The van der Waals surface area contributed by atoms with E-state index in [2.05, 4.69) is 15.9 Å². The van der Waals surface area contributed by atoms with Crippen LogP contribution in [0, 0.1) is 5.41 Å². The second-order valence-electron chi connectivity index (χ2n) is 3.18. The lowest BCUT2D eigenvalue weighted by molar-refractivity contribution is -0.155. The molecule has 0 rings (SSSR count). The summed E-state index contributed by atoms with van der Waals surface area (Å²) in [5.74, 6) is -1.26. The fraction of sp³-hybridized carbons (Fsp3) is 0.833. The Morgan fingerprint density at radius 3 is 1.70 bits per heavy atom. The highest BCUT2D eigenvalue weighted by Crippen LogP contribution is 2.35. The Balaban J connectivity index is 4.57. The molecule has 0 aromatic carbocycles. The molecule has 0 aliphatic carbocycles. The van der Waals surface area contributed by atoms with Crippen LogP contribution in [0.15, 0.2) is 0 Å². The minimum Gasteiger partial charge on any atom is -0.478 e. The Morgan fingerprint density at radius 2 is 1.70 bits per heavy atom. The molecule has 0 amide bonds. The third-order valence-electron chi connectivity index (χ3n) is 1.28. The van der Waals surface area contributed by atoms with Crippen LogP contribution >= 0.6 is 15.9 Å². The number of carbonyl (C=O) groups is 1. The van der Waals surface area contributed by atoms with Crippen molar-refractivity contribution in [3.05, 3.63) is 0 Å². The van der Waals surface area contributed by atoms with Gasteiger partial charge < -0.3 is 10.2 Å². The molecule has 0 aromatic heterocycles. The van der Waals surface area contributed by atoms with Gasteiger partial charge in [0.1, 0.15) is 0 Å². The van der Waals surface area contributed by atoms with Gasteiger partial charge in [0.05, 0.1) is 0 Å². The normalized spacial score (nSPS) is 18.1. The molecule has 0 saturated carbocycles. The van der Waals surface area contributed by atoms with Crippen LogP contribution in [0.1, 0.15) is 20.8 Å². The molecule has 0 aromatic rings. The monoisotopic (exact) mass is 210 g/mol. The smallest absolute Gasteiger partial charge is 0.347 e. The van der Waals surface area contributed by atoms with Gasteiger partial charge in [0, 0.05) is 5.41 Å². The topological polar surface area (TPSA) is 57.5 Å². The summed E-state index contributed by atoms with van der Waals surface area (Å²) < 4.78 is -1.83. The summed E-state index contributed by atoms with van der Waals surface area (Å²) in [5.41, 5.74) is -0.709. The number of aliphatic hydroxyl groups is 1. The van der Waals surface area contributed by atoms with Crippen LogP contribution in [0.25, 0.3) is 0 Å². The molecule has 2 N–H and O–H groups in total. The molecule has 0 saturated heterocycles. The largest absolute Gasteiger partial charge is 0.478 e. The van der Waals surface area contributed by atoms with Gasteiger partial charge in [0.25, 0.3) is 0 Å². The number of alkyl halides is 1. The number of halogens is 1. The Labute approximate surface area is 68.2 Å². The average molecular weight is 211 g/mol. The van der Waals surface area contributed by atoms with Gasteiger partial charge in [-0.05, 0) is 15.9 Å². The van der Waals surface area contributed by atoms with Crippen molar-refractivity contribution in [2.75, 3.05) is 0 Å². The van der Waals surface area contributed by atoms with E-state index in [0.717, 1.165) is 0 Å². The number of hydrogen-bond acceptors (Lipinski definition) is 2. The van der Waals surface area contributed by atoms with Gasteiger partial charge in [-0.25, -0.2) is 4.79 Å². The third-order valence-corrected chi connectivity index (χ3v) is 2.81. The maximum atomic E-state index is 10.4. The van der Waals surface area contributed by atoms with Crippen molar-refractivity contribution in [1.29, 1.82) is 0 Å². The summed E-state index contributed by atoms with van der Waals surface area (Å²) in [7, 11) is 0. The molecule has 0 aliphatic heterocycles. The highest BCUT2D eigenvalue weighted by atomic mass is 79.9. The van der Waals surface area contributed by atoms with Crippen LogP contribution in [0.5, 0.6) is 0 Å². The second kappa shape index (κ2) is 2.51. The summed E-state index contributed by atoms with van der Waals surface area (Å²) in [6.07, 6.45) is 0. The lowest BCUT2D eigenvalue weighted by Crippen LogP contribution is -2.44. The molecule has 3 nitrogen and oxygen atoms in total. The first kappa shape index (κ1) is 9.91. The summed E-state index contributed by atoms with van der Waals surface area (Å²) in [6.45, 7) is 4.90. The van der Waals surface area contributed by atoms with E-state index >= 15 is 0 Å². The van der Waals surface area contributed by atoms with Crippen LogP contribution in [-0.4, -0.2) is 20.7 Å². The van der Waals surface area contributed by atoms with Crippen molar-refractivity contribution in [1.82, 2.24) is 0 Å². The minimum absolute atomic E-state index is 0.709. The highest BCUT2D eigenvalue weighted by molar-refractivity contribution is 9.10. The van der Waals surface area contributed by atoms with E-state index in [9.17, 15) is 9.90 Å². The number of hydrogen-bond donors (Lipinski definition) is 2. The van der Waals surface area contributed by atoms with E-state index in [1.54, 1.807) is 20.8 Å². The molecule has 1 atom stereocenters. The Hall–Kier alpha value is -0.0900. The van der Waals surface area contributed by atoms with E-state index in [1.807, 2.05) is 0 Å². The Morgan fingerprint density at radius 1 is 1.40 bits per heavy atom.